The number of nitrogens with zero attached hydrogens (tertiary/aromatic N) is 2. The Morgan fingerprint density at radius 1 is 1.15 bits per heavy atom. The second-order valence-electron chi connectivity index (χ2n) is 5.00. The van der Waals surface area contributed by atoms with Gasteiger partial charge < -0.3 is 9.64 Å². The molecule has 20 heavy (non-hydrogen) atoms. The van der Waals surface area contributed by atoms with Crippen molar-refractivity contribution in [1.82, 2.24) is 4.90 Å². The third kappa shape index (κ3) is 3.05. The summed E-state index contributed by atoms with van der Waals surface area (Å²) in [5.74, 6) is 0.0655. The number of ether oxygens (including phenoxy) is 1. The summed E-state index contributed by atoms with van der Waals surface area (Å²) in [5.41, 5.74) is 0.970. The Kier molecular flexibility index (Phi) is 4.38. The molecule has 4 nitrogen and oxygen atoms in total. The van der Waals surface area contributed by atoms with E-state index in [1.807, 2.05) is 35.2 Å². The fourth-order valence-corrected chi connectivity index (χ4v) is 2.98. The van der Waals surface area contributed by atoms with Crippen LogP contribution in [-0.4, -0.2) is 49.7 Å². The van der Waals surface area contributed by atoms with Gasteiger partial charge in [-0.15, -0.1) is 0 Å². The molecule has 0 bridgehead atoms. The molecular formula is C15H17IN2O2. The van der Waals surface area contributed by atoms with Gasteiger partial charge in [0.05, 0.1) is 13.2 Å². The average molecular weight is 384 g/mol. The minimum absolute atomic E-state index is 0.0655. The van der Waals surface area contributed by atoms with Gasteiger partial charge in [0.25, 0.3) is 5.91 Å². The highest BCUT2D eigenvalue weighted by molar-refractivity contribution is 14.1. The van der Waals surface area contributed by atoms with Crippen molar-refractivity contribution in [1.29, 1.82) is 0 Å². The molecule has 2 heterocycles. The Hall–Kier alpha value is -0.920. The monoisotopic (exact) mass is 384 g/mol. The zero-order chi connectivity index (χ0) is 13.9. The van der Waals surface area contributed by atoms with Gasteiger partial charge in [-0.1, -0.05) is 6.08 Å². The third-order valence-corrected chi connectivity index (χ3v) is 4.47. The van der Waals surface area contributed by atoms with E-state index < -0.39 is 0 Å². The van der Waals surface area contributed by atoms with E-state index >= 15 is 0 Å². The smallest absolute Gasteiger partial charge is 0.250 e. The van der Waals surface area contributed by atoms with Crippen LogP contribution < -0.4 is 4.90 Å². The van der Waals surface area contributed by atoms with Crippen molar-refractivity contribution in [2.75, 3.05) is 37.7 Å². The molecule has 0 N–H and O–H groups in total. The average Bonchev–Trinajstić information content (AvgIpc) is 2.50. The molecule has 0 radical (unpaired) electrons. The molecule has 1 saturated heterocycles. The number of hydrogen-bond donors (Lipinski definition) is 0. The Balaban J connectivity index is 1.76. The van der Waals surface area contributed by atoms with Crippen molar-refractivity contribution in [3.8, 4) is 0 Å². The lowest BCUT2D eigenvalue weighted by Gasteiger charge is -2.37. The number of carbonyl (C=O) groups is 1. The van der Waals surface area contributed by atoms with Crippen LogP contribution in [0.3, 0.4) is 0 Å². The Bertz CT molecular complexity index is 509. The van der Waals surface area contributed by atoms with E-state index in [4.69, 9.17) is 4.74 Å². The second kappa shape index (κ2) is 6.24. The van der Waals surface area contributed by atoms with Crippen molar-refractivity contribution in [2.24, 2.45) is 0 Å². The number of rotatable bonds is 2. The lowest BCUT2D eigenvalue weighted by atomic mass is 10.1. The van der Waals surface area contributed by atoms with Gasteiger partial charge in [0.1, 0.15) is 0 Å². The molecule has 2 aliphatic rings. The number of carbonyl (C=O) groups excluding carboxylic acids is 1. The fourth-order valence-electron chi connectivity index (χ4n) is 2.62. The highest BCUT2D eigenvalue weighted by Crippen LogP contribution is 2.21. The summed E-state index contributed by atoms with van der Waals surface area (Å²) in [6.45, 7) is 4.15. The molecule has 1 atom stereocenters. The Labute approximate surface area is 132 Å². The zero-order valence-electron chi connectivity index (χ0n) is 11.2. The molecule has 1 aromatic rings. The first-order valence-electron chi connectivity index (χ1n) is 6.81. The van der Waals surface area contributed by atoms with Gasteiger partial charge in [-0.25, -0.2) is 0 Å². The van der Waals surface area contributed by atoms with E-state index in [-0.39, 0.29) is 11.9 Å². The van der Waals surface area contributed by atoms with Crippen LogP contribution >= 0.6 is 22.6 Å². The van der Waals surface area contributed by atoms with Crippen LogP contribution in [0.1, 0.15) is 0 Å². The third-order valence-electron chi connectivity index (χ3n) is 3.75. The van der Waals surface area contributed by atoms with Crippen molar-refractivity contribution < 1.29 is 9.53 Å². The molecule has 1 fully saturated rings. The maximum atomic E-state index is 12.1. The molecule has 0 spiro atoms. The van der Waals surface area contributed by atoms with Gasteiger partial charge in [-0.3, -0.25) is 9.69 Å². The summed E-state index contributed by atoms with van der Waals surface area (Å²) in [5, 5.41) is 0. The van der Waals surface area contributed by atoms with E-state index in [9.17, 15) is 4.79 Å². The van der Waals surface area contributed by atoms with Crippen molar-refractivity contribution in [2.45, 2.75) is 6.04 Å². The zero-order valence-corrected chi connectivity index (χ0v) is 13.3. The van der Waals surface area contributed by atoms with Gasteiger partial charge in [0.15, 0.2) is 0 Å². The van der Waals surface area contributed by atoms with Crippen LogP contribution in [0.5, 0.6) is 0 Å². The predicted octanol–water partition coefficient (Wildman–Crippen LogP) is 1.89. The van der Waals surface area contributed by atoms with Gasteiger partial charge in [-0.2, -0.15) is 0 Å². The molecule has 1 unspecified atom stereocenters. The molecule has 0 aromatic heterocycles. The summed E-state index contributed by atoms with van der Waals surface area (Å²) in [6.07, 6.45) is 3.72. The SMILES string of the molecule is O=C1C=CC(N2CCOCC2)CN1c1ccc(I)cc1. The quantitative estimate of drug-likeness (QED) is 0.731. The van der Waals surface area contributed by atoms with Gasteiger partial charge >= 0.3 is 0 Å². The largest absolute Gasteiger partial charge is 0.379 e. The first-order chi connectivity index (χ1) is 9.74. The molecule has 0 aliphatic carbocycles. The summed E-state index contributed by atoms with van der Waals surface area (Å²) in [6, 6.07) is 8.37. The Morgan fingerprint density at radius 3 is 2.55 bits per heavy atom. The van der Waals surface area contributed by atoms with Crippen molar-refractivity contribution in [3.05, 3.63) is 40.0 Å². The standard InChI is InChI=1S/C15H17IN2O2/c16-12-1-3-13(4-2-12)18-11-14(5-6-15(18)19)17-7-9-20-10-8-17/h1-6,14H,7-11H2. The maximum absolute atomic E-state index is 12.1. The van der Waals surface area contributed by atoms with Crippen LogP contribution in [-0.2, 0) is 9.53 Å². The molecule has 106 valence electrons. The van der Waals surface area contributed by atoms with Crippen molar-refractivity contribution >= 4 is 34.2 Å². The minimum atomic E-state index is 0.0655. The second-order valence-corrected chi connectivity index (χ2v) is 6.25. The lowest BCUT2D eigenvalue weighted by Crippen LogP contribution is -2.51. The fraction of sp³-hybridized carbons (Fsp3) is 0.400. The van der Waals surface area contributed by atoms with Gasteiger partial charge in [0, 0.05) is 41.0 Å². The lowest BCUT2D eigenvalue weighted by molar-refractivity contribution is -0.114. The van der Waals surface area contributed by atoms with Crippen LogP contribution in [0, 0.1) is 3.57 Å². The summed E-state index contributed by atoms with van der Waals surface area (Å²) >= 11 is 2.27. The van der Waals surface area contributed by atoms with E-state index in [1.54, 1.807) is 6.08 Å². The summed E-state index contributed by atoms with van der Waals surface area (Å²) in [4.78, 5) is 16.3. The molecule has 0 saturated carbocycles. The minimum Gasteiger partial charge on any atom is -0.379 e. The van der Waals surface area contributed by atoms with Crippen LogP contribution in [0.2, 0.25) is 0 Å². The number of morpholine rings is 1. The van der Waals surface area contributed by atoms with E-state index in [2.05, 4.69) is 27.5 Å². The van der Waals surface area contributed by atoms with Crippen LogP contribution in [0.15, 0.2) is 36.4 Å². The first-order valence-corrected chi connectivity index (χ1v) is 7.89. The molecule has 1 aromatic carbocycles. The van der Waals surface area contributed by atoms with Gasteiger partial charge in [0.2, 0.25) is 0 Å². The first kappa shape index (κ1) is 14.0. The van der Waals surface area contributed by atoms with E-state index in [0.717, 1.165) is 38.5 Å². The highest BCUT2D eigenvalue weighted by Gasteiger charge is 2.27. The highest BCUT2D eigenvalue weighted by atomic mass is 127. The molecular weight excluding hydrogens is 367 g/mol. The number of hydrogen-bond acceptors (Lipinski definition) is 3. The topological polar surface area (TPSA) is 32.8 Å². The Morgan fingerprint density at radius 2 is 1.85 bits per heavy atom. The van der Waals surface area contributed by atoms with Crippen molar-refractivity contribution in [3.63, 3.8) is 0 Å². The molecule has 2 aliphatic heterocycles. The van der Waals surface area contributed by atoms with E-state index in [0.29, 0.717) is 0 Å². The molecule has 3 rings (SSSR count). The number of amides is 1. The van der Waals surface area contributed by atoms with Gasteiger partial charge in [-0.05, 0) is 46.9 Å². The number of benzene rings is 1. The summed E-state index contributed by atoms with van der Waals surface area (Å²) < 4.78 is 6.57. The number of halogens is 1. The van der Waals surface area contributed by atoms with Crippen LogP contribution in [0.4, 0.5) is 5.69 Å². The summed E-state index contributed by atoms with van der Waals surface area (Å²) in [7, 11) is 0. The van der Waals surface area contributed by atoms with E-state index in [1.165, 1.54) is 3.57 Å². The maximum Gasteiger partial charge on any atom is 0.250 e. The molecule has 5 heteroatoms. The number of anilines is 1. The molecule has 1 amide bonds. The normalized spacial score (nSPS) is 24.1. The van der Waals surface area contributed by atoms with Crippen LogP contribution in [0.25, 0.3) is 0 Å². The predicted molar refractivity (Wildman–Crippen MR) is 86.8 cm³/mol.